The number of nitrogens with zero attached hydrogens (tertiary/aromatic N) is 1. The molecule has 0 spiro atoms. The number of para-hydroxylation sites is 1. The standard InChI is InChI=1S/C21H19NO3/c23-21(11-10-18-14-17-8-4-5-9-19(17)25-18)22-12-13-24-20(15-22)16-6-2-1-3-7-16/h1-11,14,20H,12-13,15H2/b11-10+. The smallest absolute Gasteiger partial charge is 0.246 e. The first-order chi connectivity index (χ1) is 12.3. The van der Waals surface area contributed by atoms with Crippen molar-refractivity contribution in [3.05, 3.63) is 78.1 Å². The molecule has 25 heavy (non-hydrogen) atoms. The van der Waals surface area contributed by atoms with Gasteiger partial charge in [-0.2, -0.15) is 0 Å². The average molecular weight is 333 g/mol. The Morgan fingerprint density at radius 2 is 1.88 bits per heavy atom. The van der Waals surface area contributed by atoms with Crippen LogP contribution in [0.5, 0.6) is 0 Å². The molecule has 1 aromatic heterocycles. The number of furan rings is 1. The van der Waals surface area contributed by atoms with E-state index >= 15 is 0 Å². The Hall–Kier alpha value is -2.85. The quantitative estimate of drug-likeness (QED) is 0.679. The maximum absolute atomic E-state index is 12.5. The number of ether oxygens (including phenoxy) is 1. The summed E-state index contributed by atoms with van der Waals surface area (Å²) < 4.78 is 11.5. The van der Waals surface area contributed by atoms with Crippen LogP contribution in [0, 0.1) is 0 Å². The molecule has 1 unspecified atom stereocenters. The van der Waals surface area contributed by atoms with Gasteiger partial charge < -0.3 is 14.1 Å². The summed E-state index contributed by atoms with van der Waals surface area (Å²) >= 11 is 0. The Kier molecular flexibility index (Phi) is 4.36. The largest absolute Gasteiger partial charge is 0.457 e. The number of fused-ring (bicyclic) bond motifs is 1. The molecule has 126 valence electrons. The lowest BCUT2D eigenvalue weighted by atomic mass is 10.1. The van der Waals surface area contributed by atoms with Crippen LogP contribution in [0.25, 0.3) is 17.0 Å². The van der Waals surface area contributed by atoms with E-state index in [1.165, 1.54) is 0 Å². The molecule has 4 heteroatoms. The average Bonchev–Trinajstić information content (AvgIpc) is 3.10. The summed E-state index contributed by atoms with van der Waals surface area (Å²) in [5.41, 5.74) is 1.92. The summed E-state index contributed by atoms with van der Waals surface area (Å²) in [6.45, 7) is 1.71. The van der Waals surface area contributed by atoms with Crippen LogP contribution in [-0.2, 0) is 9.53 Å². The highest BCUT2D eigenvalue weighted by Crippen LogP contribution is 2.23. The van der Waals surface area contributed by atoms with Crippen molar-refractivity contribution in [1.29, 1.82) is 0 Å². The minimum Gasteiger partial charge on any atom is -0.457 e. The third kappa shape index (κ3) is 3.49. The van der Waals surface area contributed by atoms with Crippen LogP contribution in [0.4, 0.5) is 0 Å². The molecular weight excluding hydrogens is 314 g/mol. The van der Waals surface area contributed by atoms with E-state index in [1.54, 1.807) is 12.2 Å². The number of rotatable bonds is 3. The van der Waals surface area contributed by atoms with E-state index in [4.69, 9.17) is 9.15 Å². The molecule has 2 heterocycles. The van der Waals surface area contributed by atoms with Gasteiger partial charge in [0.1, 0.15) is 17.4 Å². The number of morpholine rings is 1. The van der Waals surface area contributed by atoms with Gasteiger partial charge in [-0.15, -0.1) is 0 Å². The number of amides is 1. The van der Waals surface area contributed by atoms with Crippen molar-refractivity contribution in [1.82, 2.24) is 4.90 Å². The molecule has 1 aliphatic heterocycles. The van der Waals surface area contributed by atoms with Crippen LogP contribution in [0.15, 0.2) is 71.2 Å². The lowest BCUT2D eigenvalue weighted by Gasteiger charge is -2.32. The van der Waals surface area contributed by atoms with Gasteiger partial charge in [0.15, 0.2) is 0 Å². The van der Waals surface area contributed by atoms with Crippen molar-refractivity contribution < 1.29 is 13.9 Å². The van der Waals surface area contributed by atoms with Crippen LogP contribution in [0.1, 0.15) is 17.4 Å². The molecule has 1 aliphatic rings. The highest BCUT2D eigenvalue weighted by Gasteiger charge is 2.24. The van der Waals surface area contributed by atoms with Crippen LogP contribution in [0.2, 0.25) is 0 Å². The molecular formula is C21H19NO3. The molecule has 0 radical (unpaired) electrons. The Morgan fingerprint density at radius 1 is 1.08 bits per heavy atom. The Labute approximate surface area is 146 Å². The molecule has 1 atom stereocenters. The van der Waals surface area contributed by atoms with E-state index in [9.17, 15) is 4.79 Å². The minimum atomic E-state index is -0.0708. The Bertz CT molecular complexity index is 865. The van der Waals surface area contributed by atoms with E-state index < -0.39 is 0 Å². The van der Waals surface area contributed by atoms with Crippen molar-refractivity contribution in [3.8, 4) is 0 Å². The van der Waals surface area contributed by atoms with Crippen molar-refractivity contribution in [2.45, 2.75) is 6.10 Å². The van der Waals surface area contributed by atoms with Crippen LogP contribution in [-0.4, -0.2) is 30.5 Å². The molecule has 0 saturated carbocycles. The zero-order valence-corrected chi connectivity index (χ0v) is 13.8. The number of carbonyl (C=O) groups excluding carboxylic acids is 1. The lowest BCUT2D eigenvalue weighted by Crippen LogP contribution is -2.41. The zero-order chi connectivity index (χ0) is 17.1. The maximum Gasteiger partial charge on any atom is 0.246 e. The normalized spacial score (nSPS) is 18.1. The predicted molar refractivity (Wildman–Crippen MR) is 97.0 cm³/mol. The molecule has 1 amide bonds. The Balaban J connectivity index is 1.45. The number of carbonyl (C=O) groups is 1. The second-order valence-corrected chi connectivity index (χ2v) is 6.07. The van der Waals surface area contributed by atoms with Gasteiger partial charge in [0.25, 0.3) is 0 Å². The monoisotopic (exact) mass is 333 g/mol. The fourth-order valence-corrected chi connectivity index (χ4v) is 3.06. The summed E-state index contributed by atoms with van der Waals surface area (Å²) in [5, 5.41) is 1.03. The number of hydrogen-bond acceptors (Lipinski definition) is 3. The fourth-order valence-electron chi connectivity index (χ4n) is 3.06. The second kappa shape index (κ2) is 6.95. The molecule has 2 aromatic carbocycles. The van der Waals surface area contributed by atoms with E-state index in [0.717, 1.165) is 16.5 Å². The summed E-state index contributed by atoms with van der Waals surface area (Å²) in [4.78, 5) is 14.3. The zero-order valence-electron chi connectivity index (χ0n) is 13.8. The molecule has 4 nitrogen and oxygen atoms in total. The van der Waals surface area contributed by atoms with Crippen molar-refractivity contribution in [2.75, 3.05) is 19.7 Å². The molecule has 3 aromatic rings. The van der Waals surface area contributed by atoms with Gasteiger partial charge in [0.2, 0.25) is 5.91 Å². The predicted octanol–water partition coefficient (Wildman–Crippen LogP) is 4.05. The van der Waals surface area contributed by atoms with Gasteiger partial charge in [0, 0.05) is 18.0 Å². The van der Waals surface area contributed by atoms with Gasteiger partial charge in [-0.25, -0.2) is 0 Å². The highest BCUT2D eigenvalue weighted by molar-refractivity contribution is 5.92. The summed E-state index contributed by atoms with van der Waals surface area (Å²) in [6.07, 6.45) is 3.24. The van der Waals surface area contributed by atoms with Gasteiger partial charge in [-0.1, -0.05) is 48.5 Å². The Morgan fingerprint density at radius 3 is 2.72 bits per heavy atom. The van der Waals surface area contributed by atoms with E-state index in [0.29, 0.717) is 25.5 Å². The topological polar surface area (TPSA) is 42.7 Å². The van der Waals surface area contributed by atoms with E-state index in [1.807, 2.05) is 65.6 Å². The van der Waals surface area contributed by atoms with E-state index in [-0.39, 0.29) is 12.0 Å². The van der Waals surface area contributed by atoms with Crippen molar-refractivity contribution >= 4 is 23.0 Å². The van der Waals surface area contributed by atoms with Crippen LogP contribution in [0.3, 0.4) is 0 Å². The summed E-state index contributed by atoms with van der Waals surface area (Å²) in [7, 11) is 0. The van der Waals surface area contributed by atoms with Crippen molar-refractivity contribution in [2.24, 2.45) is 0 Å². The van der Waals surface area contributed by atoms with Crippen LogP contribution >= 0.6 is 0 Å². The SMILES string of the molecule is O=C(/C=C/c1cc2ccccc2o1)N1CCOC(c2ccccc2)C1. The van der Waals surface area contributed by atoms with E-state index in [2.05, 4.69) is 0 Å². The minimum absolute atomic E-state index is 0.0234. The third-order valence-electron chi connectivity index (χ3n) is 4.38. The summed E-state index contributed by atoms with van der Waals surface area (Å²) in [5.74, 6) is 0.659. The molecule has 1 saturated heterocycles. The third-order valence-corrected chi connectivity index (χ3v) is 4.38. The summed E-state index contributed by atoms with van der Waals surface area (Å²) in [6, 6.07) is 19.8. The number of hydrogen-bond donors (Lipinski definition) is 0. The van der Waals surface area contributed by atoms with Gasteiger partial charge in [-0.3, -0.25) is 4.79 Å². The van der Waals surface area contributed by atoms with Gasteiger partial charge in [-0.05, 0) is 23.8 Å². The second-order valence-electron chi connectivity index (χ2n) is 6.07. The maximum atomic E-state index is 12.5. The molecule has 1 fully saturated rings. The van der Waals surface area contributed by atoms with Gasteiger partial charge >= 0.3 is 0 Å². The van der Waals surface area contributed by atoms with Gasteiger partial charge in [0.05, 0.1) is 13.2 Å². The lowest BCUT2D eigenvalue weighted by molar-refractivity contribution is -0.133. The number of benzene rings is 2. The molecule has 0 aliphatic carbocycles. The molecule has 0 bridgehead atoms. The highest BCUT2D eigenvalue weighted by atomic mass is 16.5. The van der Waals surface area contributed by atoms with Crippen LogP contribution < -0.4 is 0 Å². The fraction of sp³-hybridized carbons (Fsp3) is 0.190. The molecule has 0 N–H and O–H groups in total. The first-order valence-corrected chi connectivity index (χ1v) is 8.42. The molecule has 4 rings (SSSR count). The first-order valence-electron chi connectivity index (χ1n) is 8.42. The first kappa shape index (κ1) is 15.7. The van der Waals surface area contributed by atoms with Crippen molar-refractivity contribution in [3.63, 3.8) is 0 Å².